The van der Waals surface area contributed by atoms with E-state index in [-0.39, 0.29) is 0 Å². The maximum Gasteiger partial charge on any atom is 0.205 e. The molecule has 0 aliphatic carbocycles. The average Bonchev–Trinajstić information content (AvgIpc) is 3.06. The van der Waals surface area contributed by atoms with Crippen molar-refractivity contribution in [3.63, 3.8) is 0 Å². The summed E-state index contributed by atoms with van der Waals surface area (Å²) in [6.45, 7) is 4.21. The Morgan fingerprint density at radius 2 is 1.73 bits per heavy atom. The highest BCUT2D eigenvalue weighted by Crippen LogP contribution is 2.31. The number of nitrogens with zero attached hydrogens (tertiary/aromatic N) is 2. The van der Waals surface area contributed by atoms with Crippen LogP contribution in [0.15, 0.2) is 48.8 Å². The fourth-order valence-electron chi connectivity index (χ4n) is 2.94. The predicted octanol–water partition coefficient (Wildman–Crippen LogP) is 6.65. The monoisotopic (exact) mass is 399 g/mol. The topological polar surface area (TPSA) is 33.1 Å². The summed E-state index contributed by atoms with van der Waals surface area (Å²) in [6.07, 6.45) is 3.74. The summed E-state index contributed by atoms with van der Waals surface area (Å²) in [6, 6.07) is 11.9. The van der Waals surface area contributed by atoms with Gasteiger partial charge in [-0.25, -0.2) is 4.98 Å². The fraction of sp³-hybridized carbons (Fsp3) is 0.100. The number of aryl methyl sites for hydroxylation is 2. The van der Waals surface area contributed by atoms with Gasteiger partial charge in [-0.2, -0.15) is 0 Å². The first-order chi connectivity index (χ1) is 12.4. The number of benzene rings is 2. The smallest absolute Gasteiger partial charge is 0.205 e. The molecular weight excluding hydrogens is 385 g/mol. The Morgan fingerprint density at radius 3 is 2.46 bits per heavy atom. The van der Waals surface area contributed by atoms with Gasteiger partial charge in [0.25, 0.3) is 0 Å². The molecular formula is C20H15Cl2N3S. The molecule has 0 radical (unpaired) electrons. The molecule has 0 aliphatic heterocycles. The minimum atomic E-state index is 0.496. The number of aromatic amines is 1. The number of H-pyrrole nitrogens is 1. The highest BCUT2D eigenvalue weighted by molar-refractivity contribution is 7.71. The van der Waals surface area contributed by atoms with Crippen molar-refractivity contribution in [2.45, 2.75) is 13.8 Å². The second-order valence-electron chi connectivity index (χ2n) is 6.27. The lowest BCUT2D eigenvalue weighted by Crippen LogP contribution is -1.92. The van der Waals surface area contributed by atoms with E-state index in [1.54, 1.807) is 12.3 Å². The molecule has 0 fully saturated rings. The van der Waals surface area contributed by atoms with Gasteiger partial charge in [0.15, 0.2) is 0 Å². The highest BCUT2D eigenvalue weighted by atomic mass is 35.5. The van der Waals surface area contributed by atoms with Gasteiger partial charge in [0.1, 0.15) is 5.65 Å². The zero-order chi connectivity index (χ0) is 18.4. The largest absolute Gasteiger partial charge is 0.339 e. The zero-order valence-corrected chi connectivity index (χ0v) is 16.5. The van der Waals surface area contributed by atoms with E-state index in [9.17, 15) is 0 Å². The highest BCUT2D eigenvalue weighted by Gasteiger charge is 2.12. The van der Waals surface area contributed by atoms with Crippen LogP contribution in [0.2, 0.25) is 10.0 Å². The van der Waals surface area contributed by atoms with Gasteiger partial charge in [-0.05, 0) is 66.5 Å². The zero-order valence-electron chi connectivity index (χ0n) is 14.2. The Balaban J connectivity index is 1.94. The Hall–Kier alpha value is -2.14. The van der Waals surface area contributed by atoms with Crippen LogP contribution in [0, 0.1) is 18.6 Å². The third-order valence-corrected chi connectivity index (χ3v) is 5.61. The Bertz CT molecular complexity index is 1210. The van der Waals surface area contributed by atoms with E-state index in [2.05, 4.69) is 42.0 Å². The third kappa shape index (κ3) is 2.94. The number of nitrogens with one attached hydrogen (secondary N) is 1. The molecule has 0 bridgehead atoms. The van der Waals surface area contributed by atoms with Crippen LogP contribution < -0.4 is 0 Å². The first-order valence-corrected chi connectivity index (χ1v) is 9.24. The number of fused-ring (bicyclic) bond motifs is 1. The predicted molar refractivity (Wildman–Crippen MR) is 111 cm³/mol. The molecule has 130 valence electrons. The van der Waals surface area contributed by atoms with E-state index in [1.165, 1.54) is 11.1 Å². The second-order valence-corrected chi connectivity index (χ2v) is 7.45. The average molecular weight is 400 g/mol. The molecule has 1 N–H and O–H groups in total. The summed E-state index contributed by atoms with van der Waals surface area (Å²) < 4.78 is 2.38. The molecule has 0 saturated carbocycles. The van der Waals surface area contributed by atoms with Crippen LogP contribution in [0.1, 0.15) is 11.1 Å². The number of aromatic nitrogens is 3. The molecule has 0 spiro atoms. The Labute approximate surface area is 166 Å². The minimum absolute atomic E-state index is 0.496. The summed E-state index contributed by atoms with van der Waals surface area (Å²) >= 11 is 17.6. The van der Waals surface area contributed by atoms with Crippen LogP contribution in [0.5, 0.6) is 0 Å². The molecule has 0 amide bonds. The van der Waals surface area contributed by atoms with Gasteiger partial charge in [0, 0.05) is 18.0 Å². The second kappa shape index (κ2) is 6.54. The maximum atomic E-state index is 6.19. The summed E-state index contributed by atoms with van der Waals surface area (Å²) in [7, 11) is 0. The molecule has 4 rings (SSSR count). The van der Waals surface area contributed by atoms with Crippen LogP contribution in [0.25, 0.3) is 28.0 Å². The van der Waals surface area contributed by atoms with E-state index in [1.807, 2.05) is 22.7 Å². The molecule has 0 aliphatic rings. The lowest BCUT2D eigenvalue weighted by Gasteiger charge is -2.05. The molecule has 0 atom stereocenters. The van der Waals surface area contributed by atoms with Crippen LogP contribution in [-0.2, 0) is 0 Å². The lowest BCUT2D eigenvalue weighted by molar-refractivity contribution is 1.06. The molecule has 0 saturated heterocycles. The van der Waals surface area contributed by atoms with Crippen molar-refractivity contribution < 1.29 is 0 Å². The molecule has 2 heterocycles. The maximum absolute atomic E-state index is 6.19. The van der Waals surface area contributed by atoms with E-state index < -0.39 is 0 Å². The van der Waals surface area contributed by atoms with E-state index in [4.69, 9.17) is 35.4 Å². The number of rotatable bonds is 2. The minimum Gasteiger partial charge on any atom is -0.339 e. The van der Waals surface area contributed by atoms with Crippen molar-refractivity contribution in [1.82, 2.24) is 14.4 Å². The van der Waals surface area contributed by atoms with Crippen molar-refractivity contribution in [2.24, 2.45) is 0 Å². The molecule has 4 aromatic rings. The molecule has 6 heteroatoms. The van der Waals surface area contributed by atoms with Gasteiger partial charge in [-0.3, -0.25) is 4.40 Å². The van der Waals surface area contributed by atoms with Crippen LogP contribution >= 0.6 is 35.4 Å². The van der Waals surface area contributed by atoms with Crippen LogP contribution in [0.4, 0.5) is 0 Å². The van der Waals surface area contributed by atoms with Gasteiger partial charge in [-0.1, -0.05) is 41.4 Å². The first kappa shape index (κ1) is 17.3. The first-order valence-electron chi connectivity index (χ1n) is 8.07. The summed E-state index contributed by atoms with van der Waals surface area (Å²) in [4.78, 5) is 7.84. The normalized spacial score (nSPS) is 11.2. The molecule has 0 unspecified atom stereocenters. The van der Waals surface area contributed by atoms with E-state index in [0.29, 0.717) is 14.8 Å². The van der Waals surface area contributed by atoms with Crippen LogP contribution in [0.3, 0.4) is 0 Å². The summed E-state index contributed by atoms with van der Waals surface area (Å²) in [5.74, 6) is 0. The van der Waals surface area contributed by atoms with Crippen molar-refractivity contribution in [2.75, 3.05) is 0 Å². The molecule has 3 nitrogen and oxygen atoms in total. The van der Waals surface area contributed by atoms with Crippen molar-refractivity contribution >= 4 is 41.1 Å². The molecule has 26 heavy (non-hydrogen) atoms. The van der Waals surface area contributed by atoms with Gasteiger partial charge >= 0.3 is 0 Å². The van der Waals surface area contributed by atoms with Crippen LogP contribution in [-0.4, -0.2) is 14.4 Å². The number of halogens is 2. The third-order valence-electron chi connectivity index (χ3n) is 4.57. The molecule has 2 aromatic carbocycles. The lowest BCUT2D eigenvalue weighted by atomic mass is 10.0. The van der Waals surface area contributed by atoms with Crippen molar-refractivity contribution in [3.8, 4) is 22.4 Å². The van der Waals surface area contributed by atoms with Gasteiger partial charge in [0.2, 0.25) is 4.77 Å². The van der Waals surface area contributed by atoms with E-state index >= 15 is 0 Å². The molecule has 2 aromatic heterocycles. The number of hydrogen-bond donors (Lipinski definition) is 1. The van der Waals surface area contributed by atoms with Gasteiger partial charge < -0.3 is 4.98 Å². The summed E-state index contributed by atoms with van der Waals surface area (Å²) in [5, 5.41) is 1.03. The SMILES string of the molecule is Cc1ccc(-c2cn3c(=S)ncc(-c4ccc(Cl)c(Cl)c4)c3[nH]2)cc1C. The Kier molecular flexibility index (Phi) is 4.35. The standard InChI is InChI=1S/C20H15Cl2N3S/c1-11-3-4-14(7-12(11)2)18-10-25-19(24-18)15(9-23-20(25)26)13-5-6-16(21)17(22)8-13/h3-10,24H,1-2H3. The van der Waals surface area contributed by atoms with Crippen molar-refractivity contribution in [1.29, 1.82) is 0 Å². The number of hydrogen-bond acceptors (Lipinski definition) is 2. The van der Waals surface area contributed by atoms with Gasteiger partial charge in [-0.15, -0.1) is 0 Å². The Morgan fingerprint density at radius 1 is 0.962 bits per heavy atom. The quantitative estimate of drug-likeness (QED) is 0.382. The summed E-state index contributed by atoms with van der Waals surface area (Å²) in [5.41, 5.74) is 7.30. The fourth-order valence-corrected chi connectivity index (χ4v) is 3.43. The number of imidazole rings is 1. The van der Waals surface area contributed by atoms with E-state index in [0.717, 1.165) is 28.0 Å². The van der Waals surface area contributed by atoms with Crippen molar-refractivity contribution in [3.05, 3.63) is 74.7 Å². The van der Waals surface area contributed by atoms with Gasteiger partial charge in [0.05, 0.1) is 15.7 Å².